The minimum absolute atomic E-state index is 0.175. The molecule has 0 aliphatic rings. The molecule has 1 heterocycles. The van der Waals surface area contributed by atoms with Crippen LogP contribution in [-0.2, 0) is 6.42 Å². The van der Waals surface area contributed by atoms with Crippen LogP contribution in [0.1, 0.15) is 52.1 Å². The first-order valence-corrected chi connectivity index (χ1v) is 6.32. The first-order valence-electron chi connectivity index (χ1n) is 5.52. The van der Waals surface area contributed by atoms with Gasteiger partial charge in [-0.3, -0.25) is 0 Å². The Labute approximate surface area is 106 Å². The zero-order chi connectivity index (χ0) is 12.5. The number of halogens is 1. The number of nitrogens with zero attached hydrogens (tertiary/aromatic N) is 2. The quantitative estimate of drug-likeness (QED) is 0.904. The van der Waals surface area contributed by atoms with Crippen molar-refractivity contribution in [1.82, 2.24) is 9.97 Å². The van der Waals surface area contributed by atoms with Gasteiger partial charge in [0.05, 0.1) is 10.2 Å². The normalized spacial score (nSPS) is 12.2. The van der Waals surface area contributed by atoms with E-state index < -0.39 is 0 Å². The fraction of sp³-hybridized carbons (Fsp3) is 0.667. The van der Waals surface area contributed by atoms with Gasteiger partial charge >= 0.3 is 0 Å². The van der Waals surface area contributed by atoms with Crippen LogP contribution in [0.25, 0.3) is 0 Å². The second kappa shape index (κ2) is 4.70. The lowest BCUT2D eigenvalue weighted by molar-refractivity contribution is 0.400. The van der Waals surface area contributed by atoms with Crippen molar-refractivity contribution >= 4 is 21.7 Å². The SMILES string of the molecule is CC(C)c1nc(CC(C)(C)C)nc(N)c1Br. The van der Waals surface area contributed by atoms with E-state index in [9.17, 15) is 0 Å². The van der Waals surface area contributed by atoms with E-state index in [1.54, 1.807) is 0 Å². The summed E-state index contributed by atoms with van der Waals surface area (Å²) in [6, 6.07) is 0. The molecule has 0 fully saturated rings. The van der Waals surface area contributed by atoms with Gasteiger partial charge in [0.15, 0.2) is 0 Å². The van der Waals surface area contributed by atoms with Gasteiger partial charge in [0.2, 0.25) is 0 Å². The fourth-order valence-electron chi connectivity index (χ4n) is 1.47. The Kier molecular flexibility index (Phi) is 3.94. The van der Waals surface area contributed by atoms with Crippen molar-refractivity contribution in [3.63, 3.8) is 0 Å². The number of nitrogens with two attached hydrogens (primary N) is 1. The van der Waals surface area contributed by atoms with E-state index in [0.29, 0.717) is 11.7 Å². The van der Waals surface area contributed by atoms with E-state index in [4.69, 9.17) is 5.73 Å². The standard InChI is InChI=1S/C12H20BrN3/c1-7(2)10-9(13)11(14)16-8(15-10)6-12(3,4)5/h7H,6H2,1-5H3,(H2,14,15,16). The number of hydrogen-bond acceptors (Lipinski definition) is 3. The van der Waals surface area contributed by atoms with Gasteiger partial charge in [0, 0.05) is 6.42 Å². The molecule has 0 aliphatic heterocycles. The van der Waals surface area contributed by atoms with Gasteiger partial charge in [-0.05, 0) is 27.3 Å². The van der Waals surface area contributed by atoms with Gasteiger partial charge in [0.1, 0.15) is 11.6 Å². The highest BCUT2D eigenvalue weighted by molar-refractivity contribution is 9.10. The monoisotopic (exact) mass is 285 g/mol. The van der Waals surface area contributed by atoms with E-state index in [1.807, 2.05) is 0 Å². The van der Waals surface area contributed by atoms with Crippen molar-refractivity contribution in [1.29, 1.82) is 0 Å². The van der Waals surface area contributed by atoms with Gasteiger partial charge in [-0.25, -0.2) is 9.97 Å². The van der Waals surface area contributed by atoms with Gasteiger partial charge in [0.25, 0.3) is 0 Å². The predicted molar refractivity (Wildman–Crippen MR) is 71.4 cm³/mol. The minimum Gasteiger partial charge on any atom is -0.383 e. The Morgan fingerprint density at radius 3 is 2.25 bits per heavy atom. The molecule has 0 radical (unpaired) electrons. The number of hydrogen-bond donors (Lipinski definition) is 1. The lowest BCUT2D eigenvalue weighted by Gasteiger charge is -2.18. The average Bonchev–Trinajstić information content (AvgIpc) is 2.07. The minimum atomic E-state index is 0.175. The van der Waals surface area contributed by atoms with E-state index >= 15 is 0 Å². The molecule has 0 aromatic carbocycles. The summed E-state index contributed by atoms with van der Waals surface area (Å²) in [5.74, 6) is 1.72. The van der Waals surface area contributed by atoms with Crippen LogP contribution in [0, 0.1) is 5.41 Å². The molecule has 0 bridgehead atoms. The lowest BCUT2D eigenvalue weighted by Crippen LogP contribution is -2.15. The maximum Gasteiger partial charge on any atom is 0.141 e. The van der Waals surface area contributed by atoms with Crippen LogP contribution >= 0.6 is 15.9 Å². The Bertz CT molecular complexity index is 381. The molecule has 1 aromatic rings. The molecule has 0 unspecified atom stereocenters. The second-order valence-electron chi connectivity index (χ2n) is 5.62. The number of anilines is 1. The third-order valence-corrected chi connectivity index (χ3v) is 3.00. The molecule has 2 N–H and O–H groups in total. The maximum absolute atomic E-state index is 5.88. The van der Waals surface area contributed by atoms with Crippen LogP contribution in [0.3, 0.4) is 0 Å². The molecule has 1 aromatic heterocycles. The molecular weight excluding hydrogens is 266 g/mol. The van der Waals surface area contributed by atoms with Gasteiger partial charge in [-0.15, -0.1) is 0 Å². The van der Waals surface area contributed by atoms with Crippen LogP contribution in [0.15, 0.2) is 4.47 Å². The largest absolute Gasteiger partial charge is 0.383 e. The molecule has 4 heteroatoms. The molecule has 0 amide bonds. The summed E-state index contributed by atoms with van der Waals surface area (Å²) in [6.45, 7) is 10.7. The zero-order valence-electron chi connectivity index (χ0n) is 10.6. The molecule has 0 aliphatic carbocycles. The zero-order valence-corrected chi connectivity index (χ0v) is 12.2. The highest BCUT2D eigenvalue weighted by Crippen LogP contribution is 2.28. The van der Waals surface area contributed by atoms with Gasteiger partial charge < -0.3 is 5.73 Å². The van der Waals surface area contributed by atoms with Crippen LogP contribution in [0.5, 0.6) is 0 Å². The highest BCUT2D eigenvalue weighted by atomic mass is 79.9. The third kappa shape index (κ3) is 3.44. The molecule has 0 atom stereocenters. The molecule has 3 nitrogen and oxygen atoms in total. The van der Waals surface area contributed by atoms with Crippen molar-refractivity contribution in [2.75, 3.05) is 5.73 Å². The first-order chi connectivity index (χ1) is 7.20. The van der Waals surface area contributed by atoms with Gasteiger partial charge in [-0.1, -0.05) is 34.6 Å². The summed E-state index contributed by atoms with van der Waals surface area (Å²) in [5.41, 5.74) is 7.05. The maximum atomic E-state index is 5.88. The van der Waals surface area contributed by atoms with Crippen molar-refractivity contribution in [2.45, 2.75) is 47.0 Å². The molecule has 16 heavy (non-hydrogen) atoms. The molecule has 0 saturated carbocycles. The molecule has 90 valence electrons. The predicted octanol–water partition coefficient (Wildman–Crippen LogP) is 3.53. The Morgan fingerprint density at radius 1 is 1.25 bits per heavy atom. The number of nitrogen functional groups attached to an aromatic ring is 1. The molecule has 0 spiro atoms. The smallest absolute Gasteiger partial charge is 0.141 e. The Morgan fingerprint density at radius 2 is 1.81 bits per heavy atom. The number of rotatable bonds is 2. The second-order valence-corrected chi connectivity index (χ2v) is 6.41. The number of aromatic nitrogens is 2. The van der Waals surface area contributed by atoms with Crippen molar-refractivity contribution < 1.29 is 0 Å². The summed E-state index contributed by atoms with van der Waals surface area (Å²) in [4.78, 5) is 8.90. The third-order valence-electron chi connectivity index (χ3n) is 2.18. The van der Waals surface area contributed by atoms with Crippen LogP contribution in [-0.4, -0.2) is 9.97 Å². The van der Waals surface area contributed by atoms with Crippen molar-refractivity contribution in [2.24, 2.45) is 5.41 Å². The summed E-state index contributed by atoms with van der Waals surface area (Å²) < 4.78 is 0.833. The molecule has 1 rings (SSSR count). The molecular formula is C12H20BrN3. The first kappa shape index (κ1) is 13.4. The Balaban J connectivity index is 3.14. The van der Waals surface area contributed by atoms with Crippen LogP contribution in [0.4, 0.5) is 5.82 Å². The van der Waals surface area contributed by atoms with Crippen LogP contribution < -0.4 is 5.73 Å². The van der Waals surface area contributed by atoms with E-state index in [1.165, 1.54) is 0 Å². The van der Waals surface area contributed by atoms with E-state index in [2.05, 4.69) is 60.5 Å². The topological polar surface area (TPSA) is 51.8 Å². The highest BCUT2D eigenvalue weighted by Gasteiger charge is 2.17. The lowest BCUT2D eigenvalue weighted by atomic mass is 9.92. The average molecular weight is 286 g/mol. The van der Waals surface area contributed by atoms with Crippen LogP contribution in [0.2, 0.25) is 0 Å². The molecule has 0 saturated heterocycles. The fourth-order valence-corrected chi connectivity index (χ4v) is 2.10. The van der Waals surface area contributed by atoms with E-state index in [-0.39, 0.29) is 5.41 Å². The van der Waals surface area contributed by atoms with E-state index in [0.717, 1.165) is 22.4 Å². The van der Waals surface area contributed by atoms with Gasteiger partial charge in [-0.2, -0.15) is 0 Å². The summed E-state index contributed by atoms with van der Waals surface area (Å²) >= 11 is 3.44. The van der Waals surface area contributed by atoms with Crippen molar-refractivity contribution in [3.05, 3.63) is 16.0 Å². The van der Waals surface area contributed by atoms with Crippen molar-refractivity contribution in [3.8, 4) is 0 Å². The summed E-state index contributed by atoms with van der Waals surface area (Å²) in [5, 5.41) is 0. The summed E-state index contributed by atoms with van der Waals surface area (Å²) in [7, 11) is 0. The Hall–Kier alpha value is -0.640. The summed E-state index contributed by atoms with van der Waals surface area (Å²) in [6.07, 6.45) is 0.838.